The van der Waals surface area contributed by atoms with Gasteiger partial charge in [-0.25, -0.2) is 0 Å². The average Bonchev–Trinajstić information content (AvgIpc) is 2.18. The summed E-state index contributed by atoms with van der Waals surface area (Å²) in [7, 11) is 1.45. The molecule has 1 aromatic rings. The SMILES string of the molecule is COc1cc(Cl)c(C(=O)C(C)(C)O)cc1Cl. The molecule has 0 fully saturated rings. The molecular formula is C11H12Cl2O3. The van der Waals surface area contributed by atoms with Crippen molar-refractivity contribution >= 4 is 29.0 Å². The quantitative estimate of drug-likeness (QED) is 0.853. The highest BCUT2D eigenvalue weighted by molar-refractivity contribution is 6.37. The van der Waals surface area contributed by atoms with Crippen LogP contribution in [-0.4, -0.2) is 23.6 Å². The summed E-state index contributed by atoms with van der Waals surface area (Å²) in [4.78, 5) is 11.8. The molecule has 88 valence electrons. The Morgan fingerprint density at radius 1 is 1.31 bits per heavy atom. The Labute approximate surface area is 104 Å². The summed E-state index contributed by atoms with van der Waals surface area (Å²) in [5.74, 6) is -0.0963. The minimum Gasteiger partial charge on any atom is -0.495 e. The largest absolute Gasteiger partial charge is 0.495 e. The second kappa shape index (κ2) is 4.62. The van der Waals surface area contributed by atoms with Crippen LogP contribution in [0.5, 0.6) is 5.75 Å². The zero-order valence-corrected chi connectivity index (χ0v) is 10.7. The topological polar surface area (TPSA) is 46.5 Å². The highest BCUT2D eigenvalue weighted by Gasteiger charge is 2.27. The van der Waals surface area contributed by atoms with Gasteiger partial charge in [-0.3, -0.25) is 4.79 Å². The first-order valence-electron chi connectivity index (χ1n) is 4.57. The molecule has 0 unspecified atom stereocenters. The van der Waals surface area contributed by atoms with Gasteiger partial charge in [0.15, 0.2) is 5.78 Å². The lowest BCUT2D eigenvalue weighted by Gasteiger charge is -2.17. The molecule has 0 spiro atoms. The predicted molar refractivity (Wildman–Crippen MR) is 63.6 cm³/mol. The van der Waals surface area contributed by atoms with E-state index in [1.807, 2.05) is 0 Å². The van der Waals surface area contributed by atoms with Gasteiger partial charge in [0.05, 0.1) is 17.2 Å². The Morgan fingerprint density at radius 2 is 1.88 bits per heavy atom. The van der Waals surface area contributed by atoms with Crippen LogP contribution in [0.25, 0.3) is 0 Å². The molecule has 0 aliphatic rings. The fourth-order valence-electron chi connectivity index (χ4n) is 1.19. The Hall–Kier alpha value is -0.770. The summed E-state index contributed by atoms with van der Waals surface area (Å²) in [6, 6.07) is 2.84. The van der Waals surface area contributed by atoms with Crippen molar-refractivity contribution in [3.05, 3.63) is 27.7 Å². The highest BCUT2D eigenvalue weighted by atomic mass is 35.5. The van der Waals surface area contributed by atoms with Crippen LogP contribution in [0.2, 0.25) is 10.0 Å². The second-order valence-electron chi connectivity index (χ2n) is 3.85. The number of hydrogen-bond donors (Lipinski definition) is 1. The Balaban J connectivity index is 3.27. The summed E-state index contributed by atoms with van der Waals surface area (Å²) >= 11 is 11.8. The van der Waals surface area contributed by atoms with Crippen molar-refractivity contribution in [1.29, 1.82) is 0 Å². The molecule has 0 aliphatic carbocycles. The third-order valence-corrected chi connectivity index (χ3v) is 2.65. The van der Waals surface area contributed by atoms with Crippen LogP contribution in [0.4, 0.5) is 0 Å². The van der Waals surface area contributed by atoms with Crippen molar-refractivity contribution < 1.29 is 14.6 Å². The lowest BCUT2D eigenvalue weighted by molar-refractivity contribution is 0.0488. The van der Waals surface area contributed by atoms with E-state index in [2.05, 4.69) is 0 Å². The number of aliphatic hydroxyl groups is 1. The molecule has 1 aromatic carbocycles. The van der Waals surface area contributed by atoms with Crippen LogP contribution in [-0.2, 0) is 0 Å². The van der Waals surface area contributed by atoms with Gasteiger partial charge in [0, 0.05) is 11.6 Å². The van der Waals surface area contributed by atoms with Gasteiger partial charge in [-0.1, -0.05) is 23.2 Å². The van der Waals surface area contributed by atoms with Crippen LogP contribution >= 0.6 is 23.2 Å². The van der Waals surface area contributed by atoms with Gasteiger partial charge in [-0.05, 0) is 19.9 Å². The Kier molecular flexibility index (Phi) is 3.84. The molecule has 0 aromatic heterocycles. The number of carbonyl (C=O) groups excluding carboxylic acids is 1. The fourth-order valence-corrected chi connectivity index (χ4v) is 1.67. The van der Waals surface area contributed by atoms with Gasteiger partial charge in [0.25, 0.3) is 0 Å². The van der Waals surface area contributed by atoms with Crippen LogP contribution in [0.3, 0.4) is 0 Å². The first-order valence-corrected chi connectivity index (χ1v) is 5.33. The van der Waals surface area contributed by atoms with E-state index in [0.29, 0.717) is 5.75 Å². The van der Waals surface area contributed by atoms with E-state index in [9.17, 15) is 9.90 Å². The van der Waals surface area contributed by atoms with Crippen molar-refractivity contribution in [2.45, 2.75) is 19.4 Å². The predicted octanol–water partition coefficient (Wildman–Crippen LogP) is 2.96. The number of halogens is 2. The number of methoxy groups -OCH3 is 1. The number of Topliss-reactive ketones (excluding diaryl/α,β-unsaturated/α-hetero) is 1. The number of carbonyl (C=O) groups is 1. The van der Waals surface area contributed by atoms with E-state index >= 15 is 0 Å². The molecule has 0 heterocycles. The Morgan fingerprint density at radius 3 is 2.31 bits per heavy atom. The molecule has 1 N–H and O–H groups in total. The van der Waals surface area contributed by atoms with Crippen LogP contribution < -0.4 is 4.74 Å². The van der Waals surface area contributed by atoms with Crippen LogP contribution in [0, 0.1) is 0 Å². The van der Waals surface area contributed by atoms with E-state index in [1.165, 1.54) is 33.1 Å². The second-order valence-corrected chi connectivity index (χ2v) is 4.67. The van der Waals surface area contributed by atoms with Crippen LogP contribution in [0.15, 0.2) is 12.1 Å². The smallest absolute Gasteiger partial charge is 0.195 e. The molecule has 1 rings (SSSR count). The van der Waals surface area contributed by atoms with E-state index in [0.717, 1.165) is 0 Å². The molecule has 0 bridgehead atoms. The Bertz CT molecular complexity index is 422. The summed E-state index contributed by atoms with van der Waals surface area (Å²) in [5, 5.41) is 10.1. The standard InChI is InChI=1S/C11H12Cl2O3/c1-11(2,15)10(14)6-4-8(13)9(16-3)5-7(6)12/h4-5,15H,1-3H3. The van der Waals surface area contributed by atoms with Crippen molar-refractivity contribution in [1.82, 2.24) is 0 Å². The van der Waals surface area contributed by atoms with E-state index in [1.54, 1.807) is 0 Å². The summed E-state index contributed by atoms with van der Waals surface area (Å²) < 4.78 is 4.96. The zero-order chi connectivity index (χ0) is 12.5. The lowest BCUT2D eigenvalue weighted by atomic mass is 9.97. The number of ether oxygens (including phenoxy) is 1. The maximum absolute atomic E-state index is 11.8. The maximum Gasteiger partial charge on any atom is 0.195 e. The van der Waals surface area contributed by atoms with Crippen molar-refractivity contribution in [2.75, 3.05) is 7.11 Å². The van der Waals surface area contributed by atoms with Gasteiger partial charge in [-0.15, -0.1) is 0 Å². The zero-order valence-electron chi connectivity index (χ0n) is 9.17. The third kappa shape index (κ3) is 2.67. The van der Waals surface area contributed by atoms with Crippen molar-refractivity contribution in [3.8, 4) is 5.75 Å². The summed E-state index contributed by atoms with van der Waals surface area (Å²) in [6.07, 6.45) is 0. The number of ketones is 1. The monoisotopic (exact) mass is 262 g/mol. The molecule has 0 saturated carbocycles. The summed E-state index contributed by atoms with van der Waals surface area (Å²) in [5.41, 5.74) is -1.30. The average molecular weight is 263 g/mol. The van der Waals surface area contributed by atoms with Crippen LogP contribution in [0.1, 0.15) is 24.2 Å². The minimum atomic E-state index is -1.48. The molecule has 16 heavy (non-hydrogen) atoms. The van der Waals surface area contributed by atoms with Crippen molar-refractivity contribution in [2.24, 2.45) is 0 Å². The van der Waals surface area contributed by atoms with Gasteiger partial charge < -0.3 is 9.84 Å². The number of hydrogen-bond acceptors (Lipinski definition) is 3. The highest BCUT2D eigenvalue weighted by Crippen LogP contribution is 2.32. The molecule has 0 amide bonds. The lowest BCUT2D eigenvalue weighted by Crippen LogP contribution is -2.31. The molecule has 3 nitrogen and oxygen atoms in total. The summed E-state index contributed by atoms with van der Waals surface area (Å²) in [6.45, 7) is 2.79. The first kappa shape index (κ1) is 13.3. The van der Waals surface area contributed by atoms with Crippen molar-refractivity contribution in [3.63, 3.8) is 0 Å². The minimum absolute atomic E-state index is 0.181. The molecular weight excluding hydrogens is 251 g/mol. The molecule has 0 saturated heterocycles. The van der Waals surface area contributed by atoms with Gasteiger partial charge >= 0.3 is 0 Å². The van der Waals surface area contributed by atoms with Gasteiger partial charge in [0.1, 0.15) is 11.4 Å². The van der Waals surface area contributed by atoms with E-state index < -0.39 is 11.4 Å². The van der Waals surface area contributed by atoms with E-state index in [4.69, 9.17) is 27.9 Å². The molecule has 0 aliphatic heterocycles. The molecule has 5 heteroatoms. The fraction of sp³-hybridized carbons (Fsp3) is 0.364. The molecule has 0 atom stereocenters. The number of rotatable bonds is 3. The molecule has 0 radical (unpaired) electrons. The number of benzene rings is 1. The third-order valence-electron chi connectivity index (χ3n) is 2.04. The normalized spacial score (nSPS) is 11.4. The van der Waals surface area contributed by atoms with Gasteiger partial charge in [0.2, 0.25) is 0 Å². The van der Waals surface area contributed by atoms with Gasteiger partial charge in [-0.2, -0.15) is 0 Å². The first-order chi connectivity index (χ1) is 7.27. The maximum atomic E-state index is 11.8. The van der Waals surface area contributed by atoms with E-state index in [-0.39, 0.29) is 15.6 Å².